The number of hydrogen-bond donors (Lipinski definition) is 0. The van der Waals surface area contributed by atoms with E-state index < -0.39 is 4.92 Å². The predicted octanol–water partition coefficient (Wildman–Crippen LogP) is 3.83. The van der Waals surface area contributed by atoms with Crippen LogP contribution in [-0.2, 0) is 0 Å². The summed E-state index contributed by atoms with van der Waals surface area (Å²) in [6.45, 7) is 3.96. The second-order valence-electron chi connectivity index (χ2n) is 4.39. The molecule has 0 N–H and O–H groups in total. The Hall–Kier alpha value is -2.01. The summed E-state index contributed by atoms with van der Waals surface area (Å²) in [5, 5.41) is 11.2. The SMILES string of the molecule is CC(C)c1c(Cl)ncnc1-c1cccc([N+](=O)[O-])c1. The Morgan fingerprint density at radius 1 is 1.32 bits per heavy atom. The molecule has 0 aliphatic rings. The molecule has 98 valence electrons. The highest BCUT2D eigenvalue weighted by molar-refractivity contribution is 6.30. The summed E-state index contributed by atoms with van der Waals surface area (Å²) in [7, 11) is 0. The fraction of sp³-hybridized carbons (Fsp3) is 0.231. The molecule has 0 saturated heterocycles. The molecule has 1 aromatic heterocycles. The lowest BCUT2D eigenvalue weighted by molar-refractivity contribution is -0.384. The minimum absolute atomic E-state index is 0.0296. The van der Waals surface area contributed by atoms with Crippen LogP contribution >= 0.6 is 11.6 Å². The van der Waals surface area contributed by atoms with Crippen LogP contribution in [-0.4, -0.2) is 14.9 Å². The molecule has 5 nitrogen and oxygen atoms in total. The zero-order valence-electron chi connectivity index (χ0n) is 10.5. The van der Waals surface area contributed by atoms with Gasteiger partial charge in [0.05, 0.1) is 10.6 Å². The molecule has 0 fully saturated rings. The summed E-state index contributed by atoms with van der Waals surface area (Å²) in [5.41, 5.74) is 2.13. The van der Waals surface area contributed by atoms with E-state index in [-0.39, 0.29) is 11.6 Å². The number of benzene rings is 1. The first-order chi connectivity index (χ1) is 9.00. The molecule has 0 bridgehead atoms. The molecular weight excluding hydrogens is 266 g/mol. The Morgan fingerprint density at radius 2 is 2.05 bits per heavy atom. The smallest absolute Gasteiger partial charge is 0.258 e. The summed E-state index contributed by atoms with van der Waals surface area (Å²) in [6.07, 6.45) is 1.36. The molecule has 0 amide bonds. The number of nitro groups is 1. The van der Waals surface area contributed by atoms with E-state index >= 15 is 0 Å². The van der Waals surface area contributed by atoms with Crippen LogP contribution in [0.15, 0.2) is 30.6 Å². The highest BCUT2D eigenvalue weighted by Crippen LogP contribution is 2.32. The maximum Gasteiger partial charge on any atom is 0.270 e. The van der Waals surface area contributed by atoms with Gasteiger partial charge in [0.25, 0.3) is 5.69 Å². The highest BCUT2D eigenvalue weighted by Gasteiger charge is 2.16. The van der Waals surface area contributed by atoms with Crippen LogP contribution in [0.4, 0.5) is 5.69 Å². The number of rotatable bonds is 3. The molecule has 0 unspecified atom stereocenters. The number of nitro benzene ring substituents is 1. The Balaban J connectivity index is 2.62. The van der Waals surface area contributed by atoms with E-state index in [2.05, 4.69) is 9.97 Å². The first-order valence-corrected chi connectivity index (χ1v) is 6.13. The van der Waals surface area contributed by atoms with Crippen LogP contribution in [0, 0.1) is 10.1 Å². The number of non-ortho nitro benzene ring substituents is 1. The van der Waals surface area contributed by atoms with Crippen molar-refractivity contribution >= 4 is 17.3 Å². The van der Waals surface area contributed by atoms with Gasteiger partial charge in [0.2, 0.25) is 0 Å². The van der Waals surface area contributed by atoms with Gasteiger partial charge >= 0.3 is 0 Å². The van der Waals surface area contributed by atoms with E-state index in [9.17, 15) is 10.1 Å². The van der Waals surface area contributed by atoms with Gasteiger partial charge < -0.3 is 0 Å². The van der Waals surface area contributed by atoms with Crippen LogP contribution in [0.25, 0.3) is 11.3 Å². The van der Waals surface area contributed by atoms with E-state index in [4.69, 9.17) is 11.6 Å². The van der Waals surface area contributed by atoms with Gasteiger partial charge in [0.1, 0.15) is 11.5 Å². The first kappa shape index (κ1) is 13.4. The van der Waals surface area contributed by atoms with Crippen LogP contribution in [0.3, 0.4) is 0 Å². The van der Waals surface area contributed by atoms with Crippen LogP contribution in [0.5, 0.6) is 0 Å². The number of aromatic nitrogens is 2. The van der Waals surface area contributed by atoms with E-state index in [0.29, 0.717) is 16.4 Å². The third kappa shape index (κ3) is 2.71. The Labute approximate surface area is 115 Å². The summed E-state index contributed by atoms with van der Waals surface area (Å²) in [4.78, 5) is 18.6. The van der Waals surface area contributed by atoms with E-state index in [1.54, 1.807) is 12.1 Å². The van der Waals surface area contributed by atoms with E-state index in [1.807, 2.05) is 13.8 Å². The fourth-order valence-corrected chi connectivity index (χ4v) is 2.23. The van der Waals surface area contributed by atoms with Crippen molar-refractivity contribution in [3.05, 3.63) is 51.4 Å². The van der Waals surface area contributed by atoms with Gasteiger partial charge in [-0.15, -0.1) is 0 Å². The van der Waals surface area contributed by atoms with Gasteiger partial charge in [-0.2, -0.15) is 0 Å². The highest BCUT2D eigenvalue weighted by atomic mass is 35.5. The van der Waals surface area contributed by atoms with Gasteiger partial charge in [0, 0.05) is 23.3 Å². The van der Waals surface area contributed by atoms with Crippen molar-refractivity contribution in [1.29, 1.82) is 0 Å². The van der Waals surface area contributed by atoms with Gasteiger partial charge in [-0.3, -0.25) is 10.1 Å². The maximum atomic E-state index is 10.8. The molecule has 0 aliphatic carbocycles. The largest absolute Gasteiger partial charge is 0.270 e. The van der Waals surface area contributed by atoms with Gasteiger partial charge in [-0.05, 0) is 5.92 Å². The lowest BCUT2D eigenvalue weighted by Gasteiger charge is -2.12. The molecule has 1 aromatic carbocycles. The number of hydrogen-bond acceptors (Lipinski definition) is 4. The molecule has 1 heterocycles. The fourth-order valence-electron chi connectivity index (χ4n) is 1.88. The van der Waals surface area contributed by atoms with Gasteiger partial charge in [0.15, 0.2) is 0 Å². The van der Waals surface area contributed by atoms with Crippen LogP contribution < -0.4 is 0 Å². The summed E-state index contributed by atoms with van der Waals surface area (Å²) in [6, 6.07) is 6.34. The van der Waals surface area contributed by atoms with Crippen LogP contribution in [0.1, 0.15) is 25.3 Å². The Kier molecular flexibility index (Phi) is 3.76. The molecule has 0 aliphatic heterocycles. The molecular formula is C13H12ClN3O2. The van der Waals surface area contributed by atoms with Crippen LogP contribution in [0.2, 0.25) is 5.15 Å². The Morgan fingerprint density at radius 3 is 2.68 bits per heavy atom. The van der Waals surface area contributed by atoms with Gasteiger partial charge in [-0.25, -0.2) is 9.97 Å². The third-order valence-electron chi connectivity index (χ3n) is 2.74. The minimum atomic E-state index is -0.429. The van der Waals surface area contributed by atoms with Crippen molar-refractivity contribution in [3.63, 3.8) is 0 Å². The summed E-state index contributed by atoms with van der Waals surface area (Å²) in [5.74, 6) is 0.128. The molecule has 0 radical (unpaired) electrons. The minimum Gasteiger partial charge on any atom is -0.258 e. The van der Waals surface area contributed by atoms with Crippen molar-refractivity contribution in [2.45, 2.75) is 19.8 Å². The zero-order valence-corrected chi connectivity index (χ0v) is 11.3. The number of halogens is 1. The first-order valence-electron chi connectivity index (χ1n) is 5.76. The zero-order chi connectivity index (χ0) is 14.0. The second-order valence-corrected chi connectivity index (χ2v) is 4.75. The Bertz CT molecular complexity index is 629. The van der Waals surface area contributed by atoms with E-state index in [0.717, 1.165) is 5.56 Å². The third-order valence-corrected chi connectivity index (χ3v) is 3.04. The normalized spacial score (nSPS) is 10.7. The second kappa shape index (κ2) is 5.32. The lowest BCUT2D eigenvalue weighted by Crippen LogP contribution is -1.99. The molecule has 0 atom stereocenters. The predicted molar refractivity (Wildman–Crippen MR) is 73.2 cm³/mol. The summed E-state index contributed by atoms with van der Waals surface area (Å²) >= 11 is 6.09. The maximum absolute atomic E-state index is 10.8. The topological polar surface area (TPSA) is 68.9 Å². The van der Waals surface area contributed by atoms with Crippen molar-refractivity contribution in [3.8, 4) is 11.3 Å². The standard InChI is InChI=1S/C13H12ClN3O2/c1-8(2)11-12(15-7-16-13(11)14)9-4-3-5-10(6-9)17(18)19/h3-8H,1-2H3. The average molecular weight is 278 g/mol. The van der Waals surface area contributed by atoms with Crippen molar-refractivity contribution in [2.75, 3.05) is 0 Å². The quantitative estimate of drug-likeness (QED) is 0.486. The molecule has 19 heavy (non-hydrogen) atoms. The molecule has 2 rings (SSSR count). The van der Waals surface area contributed by atoms with Crippen molar-refractivity contribution in [1.82, 2.24) is 9.97 Å². The molecule has 0 spiro atoms. The average Bonchev–Trinajstić information content (AvgIpc) is 2.38. The summed E-state index contributed by atoms with van der Waals surface area (Å²) < 4.78 is 0. The van der Waals surface area contributed by atoms with Crippen molar-refractivity contribution in [2.24, 2.45) is 0 Å². The molecule has 0 saturated carbocycles. The lowest BCUT2D eigenvalue weighted by atomic mass is 9.98. The molecule has 2 aromatic rings. The van der Waals surface area contributed by atoms with Crippen molar-refractivity contribution < 1.29 is 4.92 Å². The number of nitrogens with zero attached hydrogens (tertiary/aromatic N) is 3. The molecule has 6 heteroatoms. The van der Waals surface area contributed by atoms with Gasteiger partial charge in [-0.1, -0.05) is 37.6 Å². The van der Waals surface area contributed by atoms with E-state index in [1.165, 1.54) is 18.5 Å². The monoisotopic (exact) mass is 277 g/mol.